The number of benzene rings is 2. The van der Waals surface area contributed by atoms with E-state index in [2.05, 4.69) is 36.1 Å². The summed E-state index contributed by atoms with van der Waals surface area (Å²) in [5.41, 5.74) is 9.64. The number of hydrogen-bond donors (Lipinski definition) is 1. The second-order valence-electron chi connectivity index (χ2n) is 6.48. The zero-order chi connectivity index (χ0) is 16.9. The molecule has 126 valence electrons. The molecule has 3 rings (SSSR count). The summed E-state index contributed by atoms with van der Waals surface area (Å²) in [6.07, 6.45) is 0. The van der Waals surface area contributed by atoms with E-state index < -0.39 is 6.04 Å². The van der Waals surface area contributed by atoms with Gasteiger partial charge < -0.3 is 10.6 Å². The Morgan fingerprint density at radius 2 is 1.75 bits per heavy atom. The van der Waals surface area contributed by atoms with Gasteiger partial charge in [0.05, 0.1) is 0 Å². The highest BCUT2D eigenvalue weighted by Gasteiger charge is 2.26. The van der Waals surface area contributed by atoms with E-state index in [1.807, 2.05) is 35.2 Å². The minimum Gasteiger partial charge on any atom is -0.338 e. The van der Waals surface area contributed by atoms with E-state index in [0.29, 0.717) is 0 Å². The number of rotatable bonds is 4. The van der Waals surface area contributed by atoms with Crippen LogP contribution in [0.2, 0.25) is 0 Å². The van der Waals surface area contributed by atoms with Crippen molar-refractivity contribution in [3.8, 4) is 0 Å². The molecule has 1 heterocycles. The molecule has 1 amide bonds. The quantitative estimate of drug-likeness (QED) is 0.939. The average molecular weight is 323 g/mol. The third-order valence-electron chi connectivity index (χ3n) is 4.60. The van der Waals surface area contributed by atoms with Crippen LogP contribution in [0.5, 0.6) is 0 Å². The first-order valence-corrected chi connectivity index (χ1v) is 8.51. The Balaban J connectivity index is 1.54. The van der Waals surface area contributed by atoms with E-state index in [9.17, 15) is 4.79 Å². The normalized spacial score (nSPS) is 16.8. The predicted octanol–water partition coefficient (Wildman–Crippen LogP) is 2.34. The molecule has 0 aromatic heterocycles. The van der Waals surface area contributed by atoms with Crippen LogP contribution in [0.3, 0.4) is 0 Å². The van der Waals surface area contributed by atoms with Crippen molar-refractivity contribution in [1.29, 1.82) is 0 Å². The van der Waals surface area contributed by atoms with Crippen molar-refractivity contribution in [2.75, 3.05) is 26.2 Å². The molecule has 2 aromatic rings. The first-order valence-electron chi connectivity index (χ1n) is 8.51. The van der Waals surface area contributed by atoms with Gasteiger partial charge in [0.1, 0.15) is 6.04 Å². The average Bonchev–Trinajstić information content (AvgIpc) is 2.62. The Kier molecular flexibility index (Phi) is 5.28. The summed E-state index contributed by atoms with van der Waals surface area (Å²) in [7, 11) is 0. The Morgan fingerprint density at radius 1 is 1.04 bits per heavy atom. The summed E-state index contributed by atoms with van der Waals surface area (Å²) >= 11 is 0. The molecule has 4 heteroatoms. The molecule has 1 atom stereocenters. The number of piperazine rings is 1. The lowest BCUT2D eigenvalue weighted by molar-refractivity contribution is -0.134. The fourth-order valence-corrected chi connectivity index (χ4v) is 3.19. The van der Waals surface area contributed by atoms with Crippen molar-refractivity contribution in [1.82, 2.24) is 9.80 Å². The van der Waals surface area contributed by atoms with Crippen molar-refractivity contribution < 1.29 is 4.79 Å². The van der Waals surface area contributed by atoms with Gasteiger partial charge in [0.25, 0.3) is 0 Å². The molecule has 24 heavy (non-hydrogen) atoms. The molecule has 0 aliphatic carbocycles. The van der Waals surface area contributed by atoms with Gasteiger partial charge in [0, 0.05) is 32.7 Å². The van der Waals surface area contributed by atoms with Crippen LogP contribution in [-0.4, -0.2) is 41.9 Å². The molecule has 4 nitrogen and oxygen atoms in total. The van der Waals surface area contributed by atoms with Crippen LogP contribution in [0.4, 0.5) is 0 Å². The zero-order valence-electron chi connectivity index (χ0n) is 14.2. The van der Waals surface area contributed by atoms with Gasteiger partial charge in [-0.3, -0.25) is 9.69 Å². The monoisotopic (exact) mass is 323 g/mol. The van der Waals surface area contributed by atoms with E-state index in [4.69, 9.17) is 5.73 Å². The van der Waals surface area contributed by atoms with Gasteiger partial charge in [-0.2, -0.15) is 0 Å². The molecule has 0 spiro atoms. The van der Waals surface area contributed by atoms with Gasteiger partial charge in [0.15, 0.2) is 0 Å². The number of amides is 1. The molecule has 1 aliphatic rings. The highest BCUT2D eigenvalue weighted by molar-refractivity contribution is 5.83. The largest absolute Gasteiger partial charge is 0.338 e. The minimum absolute atomic E-state index is 0.0244. The molecule has 0 bridgehead atoms. The number of carbonyl (C=O) groups excluding carboxylic acids is 1. The fraction of sp³-hybridized carbons (Fsp3) is 0.350. The fourth-order valence-electron chi connectivity index (χ4n) is 3.19. The Bertz CT molecular complexity index is 678. The van der Waals surface area contributed by atoms with E-state index in [-0.39, 0.29) is 5.91 Å². The van der Waals surface area contributed by atoms with E-state index in [0.717, 1.165) is 38.3 Å². The van der Waals surface area contributed by atoms with Gasteiger partial charge >= 0.3 is 0 Å². The van der Waals surface area contributed by atoms with Gasteiger partial charge in [-0.1, -0.05) is 60.2 Å². The molecule has 0 saturated carbocycles. The second-order valence-corrected chi connectivity index (χ2v) is 6.48. The van der Waals surface area contributed by atoms with Gasteiger partial charge in [0.2, 0.25) is 5.91 Å². The SMILES string of the molecule is Cc1cccc(CN2CCN(C(=O)C(N)c3ccccc3)CC2)c1. The highest BCUT2D eigenvalue weighted by Crippen LogP contribution is 2.16. The maximum absolute atomic E-state index is 12.6. The second kappa shape index (κ2) is 7.60. The van der Waals surface area contributed by atoms with Crippen LogP contribution in [0, 0.1) is 6.92 Å². The molecule has 2 N–H and O–H groups in total. The predicted molar refractivity (Wildman–Crippen MR) is 96.4 cm³/mol. The van der Waals surface area contributed by atoms with E-state index >= 15 is 0 Å². The summed E-state index contributed by atoms with van der Waals surface area (Å²) in [6, 6.07) is 17.6. The highest BCUT2D eigenvalue weighted by atomic mass is 16.2. The summed E-state index contributed by atoms with van der Waals surface area (Å²) < 4.78 is 0. The number of nitrogens with two attached hydrogens (primary N) is 1. The summed E-state index contributed by atoms with van der Waals surface area (Å²) in [5, 5.41) is 0. The van der Waals surface area contributed by atoms with Crippen molar-refractivity contribution in [2.24, 2.45) is 5.73 Å². The molecular weight excluding hydrogens is 298 g/mol. The lowest BCUT2D eigenvalue weighted by Crippen LogP contribution is -2.50. The molecule has 2 aromatic carbocycles. The number of aryl methyl sites for hydroxylation is 1. The molecule has 1 aliphatic heterocycles. The third kappa shape index (κ3) is 4.02. The topological polar surface area (TPSA) is 49.6 Å². The van der Waals surface area contributed by atoms with Crippen molar-refractivity contribution in [3.05, 3.63) is 71.3 Å². The van der Waals surface area contributed by atoms with Gasteiger partial charge in [-0.25, -0.2) is 0 Å². The van der Waals surface area contributed by atoms with Crippen molar-refractivity contribution in [2.45, 2.75) is 19.5 Å². The molecule has 1 fully saturated rings. The minimum atomic E-state index is -0.561. The number of carbonyl (C=O) groups is 1. The standard InChI is InChI=1S/C20H25N3O/c1-16-6-5-7-17(14-16)15-22-10-12-23(13-11-22)20(24)19(21)18-8-3-2-4-9-18/h2-9,14,19H,10-13,15,21H2,1H3. The first-order chi connectivity index (χ1) is 11.6. The molecule has 0 radical (unpaired) electrons. The zero-order valence-corrected chi connectivity index (χ0v) is 14.2. The first kappa shape index (κ1) is 16.7. The Labute approximate surface area is 143 Å². The smallest absolute Gasteiger partial charge is 0.244 e. The van der Waals surface area contributed by atoms with Crippen LogP contribution < -0.4 is 5.73 Å². The maximum Gasteiger partial charge on any atom is 0.244 e. The van der Waals surface area contributed by atoms with Crippen LogP contribution >= 0.6 is 0 Å². The van der Waals surface area contributed by atoms with Crippen LogP contribution in [0.25, 0.3) is 0 Å². The van der Waals surface area contributed by atoms with Gasteiger partial charge in [-0.15, -0.1) is 0 Å². The maximum atomic E-state index is 12.6. The molecule has 1 saturated heterocycles. The summed E-state index contributed by atoms with van der Waals surface area (Å²) in [6.45, 7) is 6.32. The summed E-state index contributed by atoms with van der Waals surface area (Å²) in [5.74, 6) is 0.0244. The summed E-state index contributed by atoms with van der Waals surface area (Å²) in [4.78, 5) is 16.9. The van der Waals surface area contributed by atoms with Gasteiger partial charge in [-0.05, 0) is 18.1 Å². The van der Waals surface area contributed by atoms with Crippen molar-refractivity contribution >= 4 is 5.91 Å². The van der Waals surface area contributed by atoms with Crippen LogP contribution in [-0.2, 0) is 11.3 Å². The number of nitrogens with zero attached hydrogens (tertiary/aromatic N) is 2. The van der Waals surface area contributed by atoms with Crippen molar-refractivity contribution in [3.63, 3.8) is 0 Å². The molecular formula is C20H25N3O. The molecule has 1 unspecified atom stereocenters. The third-order valence-corrected chi connectivity index (χ3v) is 4.60. The van der Waals surface area contributed by atoms with E-state index in [1.165, 1.54) is 11.1 Å². The number of hydrogen-bond acceptors (Lipinski definition) is 3. The van der Waals surface area contributed by atoms with E-state index in [1.54, 1.807) is 0 Å². The lowest BCUT2D eigenvalue weighted by Gasteiger charge is -2.36. The Morgan fingerprint density at radius 3 is 2.42 bits per heavy atom. The lowest BCUT2D eigenvalue weighted by atomic mass is 10.1. The Hall–Kier alpha value is -2.17. The van der Waals surface area contributed by atoms with Crippen LogP contribution in [0.15, 0.2) is 54.6 Å². The van der Waals surface area contributed by atoms with Crippen LogP contribution in [0.1, 0.15) is 22.7 Å².